The van der Waals surface area contributed by atoms with Crippen LogP contribution in [0.25, 0.3) is 0 Å². The van der Waals surface area contributed by atoms with Crippen molar-refractivity contribution in [1.82, 2.24) is 24.6 Å². The van der Waals surface area contributed by atoms with Gasteiger partial charge in [0.25, 0.3) is 0 Å². The van der Waals surface area contributed by atoms with Gasteiger partial charge in [0.1, 0.15) is 5.82 Å². The van der Waals surface area contributed by atoms with Gasteiger partial charge in [-0.3, -0.25) is 9.58 Å². The van der Waals surface area contributed by atoms with E-state index in [-0.39, 0.29) is 6.61 Å². The fourth-order valence-corrected chi connectivity index (χ4v) is 4.54. The molecule has 1 saturated heterocycles. The van der Waals surface area contributed by atoms with E-state index in [1.165, 1.54) is 50.5 Å². The van der Waals surface area contributed by atoms with E-state index in [1.807, 2.05) is 23.3 Å². The Balaban J connectivity index is 1.34. The molecule has 1 aliphatic heterocycles. The number of piperidine rings is 1. The number of aromatic nitrogens is 4. The summed E-state index contributed by atoms with van der Waals surface area (Å²) in [5, 5.41) is 13.7. The van der Waals surface area contributed by atoms with E-state index >= 15 is 0 Å². The van der Waals surface area contributed by atoms with Crippen molar-refractivity contribution in [2.75, 3.05) is 19.7 Å². The molecular weight excluding hydrogens is 338 g/mol. The zero-order valence-electron chi connectivity index (χ0n) is 16.1. The molecular formula is C21H31N5O. The predicted octanol–water partition coefficient (Wildman–Crippen LogP) is 3.09. The molecule has 0 spiro atoms. The molecule has 1 atom stereocenters. The quantitative estimate of drug-likeness (QED) is 0.847. The Kier molecular flexibility index (Phi) is 6.14. The first-order valence-corrected chi connectivity index (χ1v) is 10.5. The number of nitrogens with zero attached hydrogens (tertiary/aromatic N) is 5. The molecule has 0 unspecified atom stereocenters. The molecule has 27 heavy (non-hydrogen) atoms. The van der Waals surface area contributed by atoms with Gasteiger partial charge in [-0.15, -0.1) is 0 Å². The molecule has 6 nitrogen and oxygen atoms in total. The summed E-state index contributed by atoms with van der Waals surface area (Å²) >= 11 is 0. The predicted molar refractivity (Wildman–Crippen MR) is 104 cm³/mol. The topological polar surface area (TPSA) is 67.1 Å². The molecule has 3 heterocycles. The minimum Gasteiger partial charge on any atom is -0.394 e. The van der Waals surface area contributed by atoms with E-state index < -0.39 is 0 Å². The molecule has 4 rings (SSSR count). The summed E-state index contributed by atoms with van der Waals surface area (Å²) in [6.07, 6.45) is 14.9. The smallest absolute Gasteiger partial charge is 0.131 e. The van der Waals surface area contributed by atoms with Gasteiger partial charge in [-0.05, 0) is 38.3 Å². The van der Waals surface area contributed by atoms with E-state index in [9.17, 15) is 0 Å². The van der Waals surface area contributed by atoms with Crippen molar-refractivity contribution in [3.05, 3.63) is 41.7 Å². The van der Waals surface area contributed by atoms with Crippen molar-refractivity contribution < 1.29 is 5.11 Å². The Morgan fingerprint density at radius 3 is 2.56 bits per heavy atom. The van der Waals surface area contributed by atoms with Crippen LogP contribution in [0, 0.1) is 0 Å². The van der Waals surface area contributed by atoms with Gasteiger partial charge in [0, 0.05) is 49.1 Å². The number of aliphatic hydroxyl groups excluding tert-OH is 1. The van der Waals surface area contributed by atoms with Crippen LogP contribution in [0.2, 0.25) is 0 Å². The minimum absolute atomic E-state index is 0.134. The van der Waals surface area contributed by atoms with Crippen LogP contribution in [-0.2, 0) is 13.1 Å². The molecule has 6 heteroatoms. The highest BCUT2D eigenvalue weighted by Crippen LogP contribution is 2.30. The molecule has 0 radical (unpaired) electrons. The van der Waals surface area contributed by atoms with Gasteiger partial charge >= 0.3 is 0 Å². The number of hydrogen-bond acceptors (Lipinski definition) is 5. The number of hydrogen-bond donors (Lipinski definition) is 1. The Bertz CT molecular complexity index is 708. The van der Waals surface area contributed by atoms with Crippen LogP contribution in [0.15, 0.2) is 24.7 Å². The lowest BCUT2D eigenvalue weighted by Gasteiger charge is -2.31. The maximum absolute atomic E-state index is 9.07. The zero-order valence-corrected chi connectivity index (χ0v) is 16.1. The highest BCUT2D eigenvalue weighted by molar-refractivity contribution is 5.11. The SMILES string of the molecule is OCCn1ccc([C@@H]2CCCN(Cc3cnc(C4CCCCC4)nc3)C2)n1. The largest absolute Gasteiger partial charge is 0.394 e. The van der Waals surface area contributed by atoms with E-state index in [0.717, 1.165) is 31.2 Å². The first-order chi connectivity index (χ1) is 13.3. The first kappa shape index (κ1) is 18.6. The minimum atomic E-state index is 0.134. The van der Waals surface area contributed by atoms with Crippen LogP contribution in [0.3, 0.4) is 0 Å². The number of aliphatic hydroxyl groups is 1. The van der Waals surface area contributed by atoms with Gasteiger partial charge in [0.15, 0.2) is 0 Å². The third-order valence-corrected chi connectivity index (χ3v) is 6.02. The fourth-order valence-electron chi connectivity index (χ4n) is 4.54. The summed E-state index contributed by atoms with van der Waals surface area (Å²) in [6, 6.07) is 2.10. The molecule has 2 fully saturated rings. The maximum atomic E-state index is 9.07. The van der Waals surface area contributed by atoms with E-state index in [0.29, 0.717) is 18.4 Å². The van der Waals surface area contributed by atoms with Crippen molar-refractivity contribution in [3.63, 3.8) is 0 Å². The molecule has 2 aromatic rings. The Hall–Kier alpha value is -1.79. The normalized spacial score (nSPS) is 22.2. The highest BCUT2D eigenvalue weighted by Gasteiger charge is 2.24. The Morgan fingerprint density at radius 2 is 1.78 bits per heavy atom. The summed E-state index contributed by atoms with van der Waals surface area (Å²) in [5.74, 6) is 2.09. The monoisotopic (exact) mass is 369 g/mol. The standard InChI is InChI=1S/C21H31N5O/c27-12-11-26-10-8-20(24-26)19-7-4-9-25(16-19)15-17-13-22-21(23-14-17)18-5-2-1-3-6-18/h8,10,13-14,18-19,27H,1-7,9,11-12,15-16H2/t19-/m1/s1. The second-order valence-electron chi connectivity index (χ2n) is 8.09. The van der Waals surface area contributed by atoms with Crippen LogP contribution in [0.5, 0.6) is 0 Å². The Morgan fingerprint density at radius 1 is 1.00 bits per heavy atom. The van der Waals surface area contributed by atoms with Crippen molar-refractivity contribution in [2.45, 2.75) is 69.9 Å². The van der Waals surface area contributed by atoms with Gasteiger partial charge in [-0.1, -0.05) is 19.3 Å². The number of likely N-dealkylation sites (tertiary alicyclic amines) is 1. The Labute approximate surface area is 161 Å². The van der Waals surface area contributed by atoms with Crippen molar-refractivity contribution in [1.29, 1.82) is 0 Å². The summed E-state index contributed by atoms with van der Waals surface area (Å²) in [7, 11) is 0. The molecule has 1 saturated carbocycles. The molecule has 0 aromatic carbocycles. The second-order valence-corrected chi connectivity index (χ2v) is 8.09. The molecule has 0 bridgehead atoms. The summed E-state index contributed by atoms with van der Waals surface area (Å²) < 4.78 is 1.84. The summed E-state index contributed by atoms with van der Waals surface area (Å²) in [6.45, 7) is 3.77. The molecule has 2 aliphatic rings. The molecule has 2 aromatic heterocycles. The van der Waals surface area contributed by atoms with Crippen molar-refractivity contribution >= 4 is 0 Å². The average Bonchev–Trinajstić information content (AvgIpc) is 3.19. The van der Waals surface area contributed by atoms with Crippen molar-refractivity contribution in [3.8, 4) is 0 Å². The summed E-state index contributed by atoms with van der Waals surface area (Å²) in [4.78, 5) is 11.9. The van der Waals surface area contributed by atoms with Crippen molar-refractivity contribution in [2.24, 2.45) is 0 Å². The number of rotatable bonds is 6. The zero-order chi connectivity index (χ0) is 18.5. The van der Waals surface area contributed by atoms with Crippen LogP contribution in [-0.4, -0.2) is 49.5 Å². The van der Waals surface area contributed by atoms with Crippen LogP contribution in [0.4, 0.5) is 0 Å². The fraction of sp³-hybridized carbons (Fsp3) is 0.667. The maximum Gasteiger partial charge on any atom is 0.131 e. The molecule has 1 N–H and O–H groups in total. The lowest BCUT2D eigenvalue weighted by atomic mass is 9.89. The van der Waals surface area contributed by atoms with Gasteiger partial charge < -0.3 is 5.11 Å². The van der Waals surface area contributed by atoms with Crippen LogP contribution >= 0.6 is 0 Å². The molecule has 0 amide bonds. The molecule has 146 valence electrons. The highest BCUT2D eigenvalue weighted by atomic mass is 16.3. The van der Waals surface area contributed by atoms with Gasteiger partial charge in [-0.2, -0.15) is 5.10 Å². The van der Waals surface area contributed by atoms with Gasteiger partial charge in [-0.25, -0.2) is 9.97 Å². The lowest BCUT2D eigenvalue weighted by molar-refractivity contribution is 0.197. The average molecular weight is 370 g/mol. The van der Waals surface area contributed by atoms with Crippen LogP contribution in [0.1, 0.15) is 73.9 Å². The van der Waals surface area contributed by atoms with E-state index in [2.05, 4.69) is 16.1 Å². The first-order valence-electron chi connectivity index (χ1n) is 10.5. The van der Waals surface area contributed by atoms with E-state index in [1.54, 1.807) is 0 Å². The second kappa shape index (κ2) is 8.93. The lowest BCUT2D eigenvalue weighted by Crippen LogP contribution is -2.34. The third kappa shape index (κ3) is 4.74. The van der Waals surface area contributed by atoms with Gasteiger partial charge in [0.05, 0.1) is 18.8 Å². The summed E-state index contributed by atoms with van der Waals surface area (Å²) in [5.41, 5.74) is 2.36. The third-order valence-electron chi connectivity index (χ3n) is 6.02. The molecule has 1 aliphatic carbocycles. The van der Waals surface area contributed by atoms with Crippen LogP contribution < -0.4 is 0 Å². The van der Waals surface area contributed by atoms with E-state index in [4.69, 9.17) is 15.1 Å². The van der Waals surface area contributed by atoms with Gasteiger partial charge in [0.2, 0.25) is 0 Å².